The van der Waals surface area contributed by atoms with Gasteiger partial charge in [-0.25, -0.2) is 4.79 Å². The Balaban J connectivity index is 3.09. The van der Waals surface area contributed by atoms with Crippen LogP contribution in [0.2, 0.25) is 0 Å². The van der Waals surface area contributed by atoms with Gasteiger partial charge in [0.1, 0.15) is 0 Å². The highest BCUT2D eigenvalue weighted by Crippen LogP contribution is 2.10. The fourth-order valence-electron chi connectivity index (χ4n) is 0.822. The van der Waals surface area contributed by atoms with Gasteiger partial charge >= 0.3 is 5.97 Å². The Kier molecular flexibility index (Phi) is 3.02. The molecular formula is C8H9NO3S. The van der Waals surface area contributed by atoms with Crippen LogP contribution in [0.25, 0.3) is 0 Å². The number of nitrogens with zero attached hydrogens (tertiary/aromatic N) is 1. The molecule has 0 bridgehead atoms. The Bertz CT molecular complexity index is 372. The van der Waals surface area contributed by atoms with Crippen molar-refractivity contribution in [3.8, 4) is 5.75 Å². The summed E-state index contributed by atoms with van der Waals surface area (Å²) in [6.45, 7) is 1.31. The van der Waals surface area contributed by atoms with Gasteiger partial charge in [-0.05, 0) is 12.1 Å². The smallest absolute Gasteiger partial charge is 0.329 e. The molecule has 0 radical (unpaired) electrons. The van der Waals surface area contributed by atoms with Crippen molar-refractivity contribution in [2.75, 3.05) is 7.11 Å². The van der Waals surface area contributed by atoms with Crippen LogP contribution in [0, 0.1) is 4.64 Å². The molecule has 4 nitrogen and oxygen atoms in total. The van der Waals surface area contributed by atoms with E-state index in [2.05, 4.69) is 0 Å². The van der Waals surface area contributed by atoms with Gasteiger partial charge in [0.25, 0.3) is 0 Å². The van der Waals surface area contributed by atoms with E-state index >= 15 is 0 Å². The first-order valence-electron chi connectivity index (χ1n) is 3.59. The fraction of sp³-hybridized carbons (Fsp3) is 0.250. The summed E-state index contributed by atoms with van der Waals surface area (Å²) in [6, 6.07) is 3.37. The molecule has 5 heteroatoms. The van der Waals surface area contributed by atoms with Crippen molar-refractivity contribution >= 4 is 18.2 Å². The highest BCUT2D eigenvalue weighted by molar-refractivity contribution is 7.71. The highest BCUT2D eigenvalue weighted by Gasteiger charge is 2.00. The average Bonchev–Trinajstić information content (AvgIpc) is 2.08. The van der Waals surface area contributed by atoms with Crippen LogP contribution in [0.15, 0.2) is 18.3 Å². The maximum Gasteiger partial charge on any atom is 0.329 e. The zero-order valence-electron chi connectivity index (χ0n) is 7.31. The van der Waals surface area contributed by atoms with Crippen molar-refractivity contribution in [1.82, 2.24) is 4.73 Å². The second-order valence-electron chi connectivity index (χ2n) is 2.29. The number of carbonyl (C=O) groups excluding carboxylic acids is 1. The Morgan fingerprint density at radius 1 is 1.62 bits per heavy atom. The molecule has 0 fully saturated rings. The van der Waals surface area contributed by atoms with Gasteiger partial charge in [0, 0.05) is 13.1 Å². The van der Waals surface area contributed by atoms with E-state index in [4.69, 9.17) is 21.8 Å². The van der Waals surface area contributed by atoms with E-state index in [-0.39, 0.29) is 0 Å². The Labute approximate surface area is 80.7 Å². The van der Waals surface area contributed by atoms with Crippen molar-refractivity contribution in [3.63, 3.8) is 0 Å². The van der Waals surface area contributed by atoms with Gasteiger partial charge in [-0.1, -0.05) is 12.2 Å². The van der Waals surface area contributed by atoms with E-state index in [1.807, 2.05) is 0 Å². The van der Waals surface area contributed by atoms with Gasteiger partial charge in [-0.3, -0.25) is 0 Å². The number of hydrogen-bond acceptors (Lipinski definition) is 4. The quantitative estimate of drug-likeness (QED) is 0.671. The zero-order valence-corrected chi connectivity index (χ0v) is 8.13. The third kappa shape index (κ3) is 2.29. The van der Waals surface area contributed by atoms with Crippen LogP contribution in [0.1, 0.15) is 6.92 Å². The number of hydrogen-bond donors (Lipinski definition) is 0. The first kappa shape index (κ1) is 9.73. The van der Waals surface area contributed by atoms with Crippen LogP contribution < -0.4 is 9.57 Å². The molecule has 0 atom stereocenters. The number of carbonyl (C=O) groups is 1. The largest absolute Gasteiger partial charge is 0.494 e. The monoisotopic (exact) mass is 199 g/mol. The number of aromatic nitrogens is 1. The summed E-state index contributed by atoms with van der Waals surface area (Å²) in [7, 11) is 1.50. The molecule has 0 unspecified atom stereocenters. The van der Waals surface area contributed by atoms with E-state index in [1.54, 1.807) is 18.3 Å². The summed E-state index contributed by atoms with van der Waals surface area (Å²) in [6.07, 6.45) is 1.55. The molecule has 1 heterocycles. The van der Waals surface area contributed by atoms with Crippen LogP contribution >= 0.6 is 12.2 Å². The Morgan fingerprint density at radius 2 is 2.31 bits per heavy atom. The zero-order chi connectivity index (χ0) is 9.84. The van der Waals surface area contributed by atoms with Crippen LogP contribution in [0.4, 0.5) is 0 Å². The van der Waals surface area contributed by atoms with Crippen molar-refractivity contribution in [3.05, 3.63) is 23.0 Å². The first-order valence-corrected chi connectivity index (χ1v) is 4.00. The van der Waals surface area contributed by atoms with Gasteiger partial charge in [0.15, 0.2) is 10.4 Å². The average molecular weight is 199 g/mol. The van der Waals surface area contributed by atoms with Crippen LogP contribution in [0.5, 0.6) is 5.75 Å². The molecule has 0 N–H and O–H groups in total. The van der Waals surface area contributed by atoms with Gasteiger partial charge in [0.2, 0.25) is 0 Å². The van der Waals surface area contributed by atoms with E-state index in [0.29, 0.717) is 10.4 Å². The second-order valence-corrected chi connectivity index (χ2v) is 2.68. The molecule has 0 aromatic carbocycles. The maximum atomic E-state index is 10.6. The highest BCUT2D eigenvalue weighted by atomic mass is 32.1. The molecule has 0 saturated carbocycles. The summed E-state index contributed by atoms with van der Waals surface area (Å²) in [5.41, 5.74) is 0. The van der Waals surface area contributed by atoms with E-state index in [9.17, 15) is 4.79 Å². The lowest BCUT2D eigenvalue weighted by atomic mass is 10.5. The minimum Gasteiger partial charge on any atom is -0.494 e. The summed E-state index contributed by atoms with van der Waals surface area (Å²) >= 11 is 4.97. The molecule has 1 aromatic rings. The molecule has 0 spiro atoms. The van der Waals surface area contributed by atoms with Gasteiger partial charge in [-0.2, -0.15) is 4.73 Å². The van der Waals surface area contributed by atoms with Crippen LogP contribution in [-0.4, -0.2) is 17.8 Å². The molecule has 1 rings (SSSR count). The Morgan fingerprint density at radius 3 is 2.85 bits per heavy atom. The van der Waals surface area contributed by atoms with E-state index < -0.39 is 5.97 Å². The number of ether oxygens (including phenoxy) is 1. The SMILES string of the molecule is COc1cccn(OC(C)=O)c1=S. The third-order valence-electron chi connectivity index (χ3n) is 1.33. The lowest BCUT2D eigenvalue weighted by Crippen LogP contribution is -2.17. The predicted molar refractivity (Wildman–Crippen MR) is 49.1 cm³/mol. The summed E-state index contributed by atoms with van der Waals surface area (Å²) in [5.74, 6) is 0.0723. The summed E-state index contributed by atoms with van der Waals surface area (Å²) < 4.78 is 6.48. The summed E-state index contributed by atoms with van der Waals surface area (Å²) in [4.78, 5) is 15.4. The van der Waals surface area contributed by atoms with E-state index in [1.165, 1.54) is 18.8 Å². The molecule has 0 saturated heterocycles. The van der Waals surface area contributed by atoms with Crippen molar-refractivity contribution < 1.29 is 14.4 Å². The fourth-order valence-corrected chi connectivity index (χ4v) is 1.07. The second kappa shape index (κ2) is 4.04. The van der Waals surface area contributed by atoms with Gasteiger partial charge in [-0.15, -0.1) is 0 Å². The van der Waals surface area contributed by atoms with Gasteiger partial charge < -0.3 is 9.57 Å². The minimum absolute atomic E-state index is 0.334. The van der Waals surface area contributed by atoms with Crippen LogP contribution in [-0.2, 0) is 4.79 Å². The number of methoxy groups -OCH3 is 1. The van der Waals surface area contributed by atoms with Crippen molar-refractivity contribution in [1.29, 1.82) is 0 Å². The maximum absolute atomic E-state index is 10.6. The summed E-state index contributed by atoms with van der Waals surface area (Å²) in [5, 5.41) is 0. The third-order valence-corrected chi connectivity index (χ3v) is 1.71. The van der Waals surface area contributed by atoms with E-state index in [0.717, 1.165) is 0 Å². The van der Waals surface area contributed by atoms with Crippen molar-refractivity contribution in [2.24, 2.45) is 0 Å². The molecular weight excluding hydrogens is 190 g/mol. The first-order chi connectivity index (χ1) is 6.15. The molecule has 13 heavy (non-hydrogen) atoms. The molecule has 0 aliphatic carbocycles. The molecule has 0 aliphatic heterocycles. The normalized spacial score (nSPS) is 9.38. The molecule has 70 valence electrons. The molecule has 0 amide bonds. The Hall–Kier alpha value is -1.36. The molecule has 1 aromatic heterocycles. The predicted octanol–water partition coefficient (Wildman–Crippen LogP) is 1.20. The van der Waals surface area contributed by atoms with Crippen LogP contribution in [0.3, 0.4) is 0 Å². The van der Waals surface area contributed by atoms with Gasteiger partial charge in [0.05, 0.1) is 7.11 Å². The molecule has 0 aliphatic rings. The lowest BCUT2D eigenvalue weighted by molar-refractivity contribution is -0.141. The lowest BCUT2D eigenvalue weighted by Gasteiger charge is -2.06. The number of rotatable bonds is 2. The number of pyridine rings is 1. The topological polar surface area (TPSA) is 40.5 Å². The minimum atomic E-state index is -0.427. The van der Waals surface area contributed by atoms with Crippen molar-refractivity contribution in [2.45, 2.75) is 6.92 Å². The standard InChI is InChI=1S/C8H9NO3S/c1-6(10)12-9-5-3-4-7(11-2)8(9)13/h3-5H,1-2H3.